The summed E-state index contributed by atoms with van der Waals surface area (Å²) >= 11 is 0. The van der Waals surface area contributed by atoms with Crippen LogP contribution in [-0.2, 0) is 6.42 Å². The smallest absolute Gasteiger partial charge is 0.276 e. The van der Waals surface area contributed by atoms with Gasteiger partial charge in [-0.15, -0.1) is 0 Å². The van der Waals surface area contributed by atoms with Crippen molar-refractivity contribution in [2.75, 3.05) is 31.1 Å². The minimum atomic E-state index is -0.297. The van der Waals surface area contributed by atoms with E-state index in [0.29, 0.717) is 48.7 Å². The van der Waals surface area contributed by atoms with Crippen LogP contribution in [0.15, 0.2) is 52.2 Å². The number of guanidine groups is 1. The Labute approximate surface area is 179 Å². The predicted molar refractivity (Wildman–Crippen MR) is 115 cm³/mol. The highest BCUT2D eigenvalue weighted by Gasteiger charge is 2.25. The van der Waals surface area contributed by atoms with Crippen molar-refractivity contribution in [1.29, 1.82) is 0 Å². The standard InChI is InChI=1S/C21H25FN8O/c1-2-23-21(27-15-9-13-30(14-15)19-16(22)6-5-11-25-19)26-12-8-18-28-20(31-29-18)17-7-3-4-10-24-17/h3-7,10-11,15H,2,8-9,12-14H2,1H3,(H2,23,26,27). The molecule has 1 aliphatic rings. The highest BCUT2D eigenvalue weighted by molar-refractivity contribution is 5.80. The summed E-state index contributed by atoms with van der Waals surface area (Å²) in [5.74, 6) is 1.79. The van der Waals surface area contributed by atoms with Gasteiger partial charge < -0.3 is 20.1 Å². The Hall–Kier alpha value is -3.56. The van der Waals surface area contributed by atoms with E-state index < -0.39 is 0 Å². The largest absolute Gasteiger partial charge is 0.357 e. The predicted octanol–water partition coefficient (Wildman–Crippen LogP) is 2.04. The molecule has 2 N–H and O–H groups in total. The zero-order valence-corrected chi connectivity index (χ0v) is 17.3. The van der Waals surface area contributed by atoms with E-state index in [-0.39, 0.29) is 11.9 Å². The molecule has 0 aromatic carbocycles. The fourth-order valence-electron chi connectivity index (χ4n) is 3.41. The quantitative estimate of drug-likeness (QED) is 0.439. The van der Waals surface area contributed by atoms with Crippen molar-refractivity contribution in [2.24, 2.45) is 4.99 Å². The van der Waals surface area contributed by atoms with Gasteiger partial charge in [0.2, 0.25) is 0 Å². The van der Waals surface area contributed by atoms with Crippen molar-refractivity contribution < 1.29 is 8.91 Å². The Bertz CT molecular complexity index is 1010. The average molecular weight is 424 g/mol. The minimum Gasteiger partial charge on any atom is -0.357 e. The summed E-state index contributed by atoms with van der Waals surface area (Å²) in [7, 11) is 0. The van der Waals surface area contributed by atoms with E-state index in [1.807, 2.05) is 30.0 Å². The second-order valence-corrected chi connectivity index (χ2v) is 7.13. The number of aliphatic imine (C=N–C) groups is 1. The maximum Gasteiger partial charge on any atom is 0.276 e. The van der Waals surface area contributed by atoms with Crippen molar-refractivity contribution in [2.45, 2.75) is 25.8 Å². The Morgan fingerprint density at radius 2 is 2.16 bits per heavy atom. The number of hydrogen-bond acceptors (Lipinski definition) is 7. The van der Waals surface area contributed by atoms with Crippen LogP contribution in [0.3, 0.4) is 0 Å². The molecule has 0 amide bonds. The van der Waals surface area contributed by atoms with Crippen molar-refractivity contribution in [3.05, 3.63) is 54.4 Å². The van der Waals surface area contributed by atoms with Gasteiger partial charge in [-0.1, -0.05) is 11.2 Å². The van der Waals surface area contributed by atoms with E-state index in [0.717, 1.165) is 19.5 Å². The fraction of sp³-hybridized carbons (Fsp3) is 0.381. The number of pyridine rings is 2. The molecule has 1 unspecified atom stereocenters. The molecule has 4 rings (SSSR count). The summed E-state index contributed by atoms with van der Waals surface area (Å²) < 4.78 is 19.3. The summed E-state index contributed by atoms with van der Waals surface area (Å²) in [6.45, 7) is 4.66. The first-order valence-corrected chi connectivity index (χ1v) is 10.4. The van der Waals surface area contributed by atoms with E-state index in [1.54, 1.807) is 18.5 Å². The van der Waals surface area contributed by atoms with Gasteiger partial charge in [0.05, 0.1) is 0 Å². The van der Waals surface area contributed by atoms with Gasteiger partial charge in [0.25, 0.3) is 5.89 Å². The molecule has 1 saturated heterocycles. The van der Waals surface area contributed by atoms with Gasteiger partial charge in [-0.3, -0.25) is 9.98 Å². The Kier molecular flexibility index (Phi) is 6.65. The molecule has 4 heterocycles. The highest BCUT2D eigenvalue weighted by atomic mass is 19.1. The molecule has 31 heavy (non-hydrogen) atoms. The lowest BCUT2D eigenvalue weighted by atomic mass is 10.3. The van der Waals surface area contributed by atoms with Crippen LogP contribution >= 0.6 is 0 Å². The summed E-state index contributed by atoms with van der Waals surface area (Å²) in [4.78, 5) is 19.3. The lowest BCUT2D eigenvalue weighted by Crippen LogP contribution is -2.44. The van der Waals surface area contributed by atoms with Gasteiger partial charge in [-0.05, 0) is 37.6 Å². The zero-order chi connectivity index (χ0) is 21.5. The van der Waals surface area contributed by atoms with Gasteiger partial charge in [0, 0.05) is 51.0 Å². The van der Waals surface area contributed by atoms with Gasteiger partial charge in [0.1, 0.15) is 5.69 Å². The average Bonchev–Trinajstić information content (AvgIpc) is 3.45. The third-order valence-electron chi connectivity index (χ3n) is 4.87. The van der Waals surface area contributed by atoms with E-state index in [2.05, 4.69) is 35.7 Å². The molecule has 0 spiro atoms. The highest BCUT2D eigenvalue weighted by Crippen LogP contribution is 2.20. The first kappa shape index (κ1) is 20.7. The molecule has 162 valence electrons. The summed E-state index contributed by atoms with van der Waals surface area (Å²) in [6.07, 6.45) is 4.72. The molecule has 0 aliphatic carbocycles. The number of halogens is 1. The van der Waals surface area contributed by atoms with E-state index >= 15 is 0 Å². The number of nitrogens with zero attached hydrogens (tertiary/aromatic N) is 6. The maximum atomic E-state index is 14.0. The molecular formula is C21H25FN8O. The van der Waals surface area contributed by atoms with Crippen molar-refractivity contribution in [1.82, 2.24) is 30.7 Å². The van der Waals surface area contributed by atoms with Gasteiger partial charge in [-0.2, -0.15) is 4.98 Å². The topological polar surface area (TPSA) is 104 Å². The van der Waals surface area contributed by atoms with Crippen LogP contribution in [0.5, 0.6) is 0 Å². The van der Waals surface area contributed by atoms with Crippen molar-refractivity contribution in [3.8, 4) is 11.6 Å². The Morgan fingerprint density at radius 1 is 1.26 bits per heavy atom. The number of anilines is 1. The fourth-order valence-corrected chi connectivity index (χ4v) is 3.41. The van der Waals surface area contributed by atoms with Crippen LogP contribution < -0.4 is 15.5 Å². The second kappa shape index (κ2) is 9.96. The first-order valence-electron chi connectivity index (χ1n) is 10.4. The molecule has 1 atom stereocenters. The lowest BCUT2D eigenvalue weighted by Gasteiger charge is -2.19. The summed E-state index contributed by atoms with van der Waals surface area (Å²) in [5.41, 5.74) is 0.648. The molecule has 0 bridgehead atoms. The van der Waals surface area contributed by atoms with E-state index in [4.69, 9.17) is 4.52 Å². The summed E-state index contributed by atoms with van der Waals surface area (Å²) in [6, 6.07) is 8.72. The molecule has 3 aromatic heterocycles. The lowest BCUT2D eigenvalue weighted by molar-refractivity contribution is 0.421. The third kappa shape index (κ3) is 5.33. The third-order valence-corrected chi connectivity index (χ3v) is 4.87. The van der Waals surface area contributed by atoms with Crippen LogP contribution in [-0.4, -0.2) is 58.3 Å². The molecule has 1 aliphatic heterocycles. The first-order chi connectivity index (χ1) is 15.2. The molecular weight excluding hydrogens is 399 g/mol. The van der Waals surface area contributed by atoms with Crippen LogP contribution in [0, 0.1) is 5.82 Å². The molecule has 1 fully saturated rings. The van der Waals surface area contributed by atoms with Gasteiger partial charge in [-0.25, -0.2) is 9.37 Å². The molecule has 9 nitrogen and oxygen atoms in total. The maximum absolute atomic E-state index is 14.0. The SMILES string of the molecule is CCNC(=NCCc1noc(-c2ccccn2)n1)NC1CCN(c2ncccc2F)C1. The molecule has 3 aromatic rings. The summed E-state index contributed by atoms with van der Waals surface area (Å²) in [5, 5.41) is 10.7. The van der Waals surface area contributed by atoms with Crippen molar-refractivity contribution in [3.63, 3.8) is 0 Å². The van der Waals surface area contributed by atoms with Crippen LogP contribution in [0.4, 0.5) is 10.2 Å². The van der Waals surface area contributed by atoms with Crippen LogP contribution in [0.2, 0.25) is 0 Å². The Morgan fingerprint density at radius 3 is 2.97 bits per heavy atom. The van der Waals surface area contributed by atoms with E-state index in [9.17, 15) is 4.39 Å². The van der Waals surface area contributed by atoms with Crippen LogP contribution in [0.25, 0.3) is 11.6 Å². The number of nitrogens with one attached hydrogen (secondary N) is 2. The number of aromatic nitrogens is 4. The minimum absolute atomic E-state index is 0.153. The number of rotatable bonds is 7. The van der Waals surface area contributed by atoms with Crippen LogP contribution in [0.1, 0.15) is 19.2 Å². The van der Waals surface area contributed by atoms with Crippen molar-refractivity contribution >= 4 is 11.8 Å². The Balaban J connectivity index is 1.32. The molecule has 10 heteroatoms. The normalized spacial score (nSPS) is 16.5. The van der Waals surface area contributed by atoms with Gasteiger partial charge in [0.15, 0.2) is 23.4 Å². The number of hydrogen-bond donors (Lipinski definition) is 2. The van der Waals surface area contributed by atoms with Gasteiger partial charge >= 0.3 is 0 Å². The zero-order valence-electron chi connectivity index (χ0n) is 17.3. The second-order valence-electron chi connectivity index (χ2n) is 7.13. The van der Waals surface area contributed by atoms with E-state index in [1.165, 1.54) is 6.07 Å². The molecule has 0 radical (unpaired) electrons. The molecule has 0 saturated carbocycles. The monoisotopic (exact) mass is 424 g/mol.